The summed E-state index contributed by atoms with van der Waals surface area (Å²) in [6.45, 7) is 8.66. The predicted molar refractivity (Wildman–Crippen MR) is 95.9 cm³/mol. The van der Waals surface area contributed by atoms with Gasteiger partial charge in [-0.15, -0.1) is 0 Å². The van der Waals surface area contributed by atoms with Gasteiger partial charge in [0, 0.05) is 0 Å². The van der Waals surface area contributed by atoms with Crippen molar-refractivity contribution in [3.8, 4) is 0 Å². The number of unbranched alkanes of at least 4 members (excludes halogenated alkanes) is 8. The minimum Gasteiger partial charge on any atom is -0.0995 e. The van der Waals surface area contributed by atoms with Gasteiger partial charge >= 0.3 is 0 Å². The fourth-order valence-corrected chi connectivity index (χ4v) is 2.77. The van der Waals surface area contributed by atoms with Crippen LogP contribution in [0.2, 0.25) is 0 Å². The molecule has 0 spiro atoms. The molecule has 0 saturated carbocycles. The lowest BCUT2D eigenvalue weighted by atomic mass is 9.99. The lowest BCUT2D eigenvalue weighted by Gasteiger charge is -2.07. The number of hydrogen-bond donors (Lipinski definition) is 0. The quantitative estimate of drug-likeness (QED) is 0.286. The van der Waals surface area contributed by atoms with E-state index in [0.717, 1.165) is 6.42 Å². The van der Waals surface area contributed by atoms with Gasteiger partial charge in [0.2, 0.25) is 0 Å². The number of hydrogen-bond acceptors (Lipinski definition) is 0. The fraction of sp³-hybridized carbons (Fsp3) is 0.619. The van der Waals surface area contributed by atoms with Gasteiger partial charge in [-0.25, -0.2) is 0 Å². The van der Waals surface area contributed by atoms with E-state index in [-0.39, 0.29) is 0 Å². The molecule has 0 unspecified atom stereocenters. The van der Waals surface area contributed by atoms with Crippen molar-refractivity contribution < 1.29 is 0 Å². The summed E-state index contributed by atoms with van der Waals surface area (Å²) in [6, 6.07) is 8.86. The molecular formula is C21H34. The van der Waals surface area contributed by atoms with Crippen LogP contribution in [0.1, 0.15) is 82.3 Å². The van der Waals surface area contributed by atoms with Crippen molar-refractivity contribution in [3.05, 3.63) is 47.5 Å². The maximum absolute atomic E-state index is 4.24. The smallest absolute Gasteiger partial charge is 0.00698 e. The van der Waals surface area contributed by atoms with Crippen LogP contribution in [0, 0.1) is 6.92 Å². The Balaban J connectivity index is 1.97. The summed E-state index contributed by atoms with van der Waals surface area (Å²) in [5.41, 5.74) is 4.13. The molecule has 0 N–H and O–H groups in total. The number of allylic oxidation sites excluding steroid dienone is 1. The highest BCUT2D eigenvalue weighted by atomic mass is 14.0. The lowest BCUT2D eigenvalue weighted by molar-refractivity contribution is 0.563. The molecule has 0 radical (unpaired) electrons. The van der Waals surface area contributed by atoms with Crippen LogP contribution < -0.4 is 0 Å². The molecule has 0 fully saturated rings. The van der Waals surface area contributed by atoms with Crippen LogP contribution in [0.25, 0.3) is 0 Å². The van der Waals surface area contributed by atoms with Gasteiger partial charge in [-0.2, -0.15) is 0 Å². The summed E-state index contributed by atoms with van der Waals surface area (Å²) in [5.74, 6) is 0. The Morgan fingerprint density at radius 2 is 1.33 bits per heavy atom. The molecule has 1 aromatic rings. The molecule has 0 heterocycles. The molecule has 0 atom stereocenters. The van der Waals surface area contributed by atoms with Crippen LogP contribution in [0.15, 0.2) is 36.4 Å². The molecule has 0 nitrogen and oxygen atoms in total. The van der Waals surface area contributed by atoms with Crippen molar-refractivity contribution in [3.63, 3.8) is 0 Å². The molecule has 0 bridgehead atoms. The minimum atomic E-state index is 1.05. The number of aryl methyl sites for hydroxylation is 1. The molecule has 1 rings (SSSR count). The van der Waals surface area contributed by atoms with Gasteiger partial charge in [-0.3, -0.25) is 0 Å². The Labute approximate surface area is 132 Å². The van der Waals surface area contributed by atoms with E-state index >= 15 is 0 Å². The summed E-state index contributed by atoms with van der Waals surface area (Å²) < 4.78 is 0. The van der Waals surface area contributed by atoms with E-state index in [1.165, 1.54) is 80.9 Å². The van der Waals surface area contributed by atoms with Crippen LogP contribution >= 0.6 is 0 Å². The predicted octanol–water partition coefficient (Wildman–Crippen LogP) is 7.01. The first-order valence-corrected chi connectivity index (χ1v) is 8.94. The Kier molecular flexibility index (Phi) is 9.95. The average Bonchev–Trinajstić information content (AvgIpc) is 2.48. The molecule has 0 amide bonds. The second-order valence-corrected chi connectivity index (χ2v) is 6.49. The Hall–Kier alpha value is -1.04. The third kappa shape index (κ3) is 9.50. The van der Waals surface area contributed by atoms with Crippen LogP contribution in [-0.4, -0.2) is 0 Å². The van der Waals surface area contributed by atoms with Crippen molar-refractivity contribution in [2.24, 2.45) is 0 Å². The molecule has 118 valence electrons. The second-order valence-electron chi connectivity index (χ2n) is 6.49. The third-order valence-corrected chi connectivity index (χ3v) is 4.21. The van der Waals surface area contributed by atoms with Crippen molar-refractivity contribution in [2.75, 3.05) is 0 Å². The summed E-state index contributed by atoms with van der Waals surface area (Å²) in [5, 5.41) is 0. The van der Waals surface area contributed by atoms with Gasteiger partial charge in [-0.1, -0.05) is 100 Å². The van der Waals surface area contributed by atoms with E-state index in [2.05, 4.69) is 44.7 Å². The number of rotatable bonds is 12. The first-order chi connectivity index (χ1) is 10.2. The van der Waals surface area contributed by atoms with E-state index < -0.39 is 0 Å². The maximum Gasteiger partial charge on any atom is -0.00698 e. The van der Waals surface area contributed by atoms with Gasteiger partial charge in [-0.05, 0) is 31.7 Å². The zero-order valence-corrected chi connectivity index (χ0v) is 14.3. The van der Waals surface area contributed by atoms with E-state index in [1.807, 2.05) is 0 Å². The summed E-state index contributed by atoms with van der Waals surface area (Å²) >= 11 is 0. The Morgan fingerprint density at radius 3 is 1.90 bits per heavy atom. The van der Waals surface area contributed by atoms with Crippen LogP contribution in [0.5, 0.6) is 0 Å². The summed E-state index contributed by atoms with van der Waals surface area (Å²) in [6.07, 6.45) is 14.9. The highest BCUT2D eigenvalue weighted by molar-refractivity contribution is 5.24. The molecule has 0 aromatic heterocycles. The van der Waals surface area contributed by atoms with Gasteiger partial charge < -0.3 is 0 Å². The van der Waals surface area contributed by atoms with E-state index in [0.29, 0.717) is 0 Å². The van der Waals surface area contributed by atoms with E-state index in [9.17, 15) is 0 Å². The van der Waals surface area contributed by atoms with Crippen molar-refractivity contribution >= 4 is 0 Å². The standard InChI is InChI=1S/C21H34/c1-4-5-6-7-8-9-10-11-12-13-20(3)18-21-16-14-19(2)15-17-21/h14-17H,3-13,18H2,1-2H3. The second kappa shape index (κ2) is 11.6. The van der Waals surface area contributed by atoms with Crippen LogP contribution in [0.3, 0.4) is 0 Å². The molecule has 0 aliphatic heterocycles. The molecule has 0 heteroatoms. The molecular weight excluding hydrogens is 252 g/mol. The molecule has 21 heavy (non-hydrogen) atoms. The monoisotopic (exact) mass is 286 g/mol. The highest BCUT2D eigenvalue weighted by Gasteiger charge is 1.98. The maximum atomic E-state index is 4.24. The van der Waals surface area contributed by atoms with E-state index in [4.69, 9.17) is 0 Å². The Morgan fingerprint density at radius 1 is 0.810 bits per heavy atom. The highest BCUT2D eigenvalue weighted by Crippen LogP contribution is 2.16. The average molecular weight is 287 g/mol. The van der Waals surface area contributed by atoms with Crippen molar-refractivity contribution in [1.29, 1.82) is 0 Å². The lowest BCUT2D eigenvalue weighted by Crippen LogP contribution is -1.90. The first-order valence-electron chi connectivity index (χ1n) is 8.94. The van der Waals surface area contributed by atoms with Crippen LogP contribution in [-0.2, 0) is 6.42 Å². The molecule has 1 aromatic carbocycles. The molecule has 0 aliphatic rings. The first kappa shape index (κ1) is 18.0. The normalized spacial score (nSPS) is 10.8. The zero-order valence-electron chi connectivity index (χ0n) is 14.3. The van der Waals surface area contributed by atoms with E-state index in [1.54, 1.807) is 0 Å². The zero-order chi connectivity index (χ0) is 15.3. The van der Waals surface area contributed by atoms with Gasteiger partial charge in [0.15, 0.2) is 0 Å². The van der Waals surface area contributed by atoms with Gasteiger partial charge in [0.05, 0.1) is 0 Å². The van der Waals surface area contributed by atoms with Crippen molar-refractivity contribution in [2.45, 2.75) is 84.5 Å². The SMILES string of the molecule is C=C(CCCCCCCCCCC)Cc1ccc(C)cc1. The third-order valence-electron chi connectivity index (χ3n) is 4.21. The Bertz CT molecular complexity index is 372. The summed E-state index contributed by atoms with van der Waals surface area (Å²) in [4.78, 5) is 0. The largest absolute Gasteiger partial charge is 0.0995 e. The number of benzene rings is 1. The molecule has 0 aliphatic carbocycles. The van der Waals surface area contributed by atoms with Crippen molar-refractivity contribution in [1.82, 2.24) is 0 Å². The topological polar surface area (TPSA) is 0 Å². The van der Waals surface area contributed by atoms with Gasteiger partial charge in [0.25, 0.3) is 0 Å². The van der Waals surface area contributed by atoms with Crippen LogP contribution in [0.4, 0.5) is 0 Å². The minimum absolute atomic E-state index is 1.05. The summed E-state index contributed by atoms with van der Waals surface area (Å²) in [7, 11) is 0. The fourth-order valence-electron chi connectivity index (χ4n) is 2.77. The molecule has 0 saturated heterocycles. The van der Waals surface area contributed by atoms with Gasteiger partial charge in [0.1, 0.15) is 0 Å².